The molecule has 2 aliphatic rings. The standard InChI is InChI=1S/C20H38N4O5/c1-8-10-19-20(11-9-2,24(15-29-7)18(26)23(19)14-28-6)22(13-27-5)17(25)21(19)12-16(3)4/h16H,8-15H2,1-7H3. The first-order chi connectivity index (χ1) is 13.8. The number of nitrogens with zero attached hydrogens (tertiary/aromatic N) is 4. The van der Waals surface area contributed by atoms with Gasteiger partial charge in [0.15, 0.2) is 11.3 Å². The number of carbonyl (C=O) groups is 2. The van der Waals surface area contributed by atoms with Crippen molar-refractivity contribution in [2.75, 3.05) is 48.1 Å². The van der Waals surface area contributed by atoms with E-state index in [1.807, 2.05) is 4.90 Å². The number of carbonyl (C=O) groups excluding carboxylic acids is 2. The van der Waals surface area contributed by atoms with Crippen LogP contribution in [-0.2, 0) is 14.2 Å². The van der Waals surface area contributed by atoms with E-state index in [4.69, 9.17) is 14.2 Å². The second kappa shape index (κ2) is 9.49. The molecule has 0 aromatic carbocycles. The number of urea groups is 2. The highest BCUT2D eigenvalue weighted by atomic mass is 16.5. The Labute approximate surface area is 174 Å². The Balaban J connectivity index is 2.83. The minimum absolute atomic E-state index is 0.0908. The lowest BCUT2D eigenvalue weighted by Crippen LogP contribution is -2.68. The van der Waals surface area contributed by atoms with Crippen LogP contribution in [0.2, 0.25) is 0 Å². The molecule has 0 aromatic heterocycles. The van der Waals surface area contributed by atoms with Crippen molar-refractivity contribution in [3.05, 3.63) is 0 Å². The van der Waals surface area contributed by atoms with Crippen molar-refractivity contribution in [3.8, 4) is 0 Å². The third-order valence-corrected chi connectivity index (χ3v) is 5.87. The van der Waals surface area contributed by atoms with Gasteiger partial charge in [0.2, 0.25) is 0 Å². The van der Waals surface area contributed by atoms with Crippen molar-refractivity contribution in [2.45, 2.75) is 64.7 Å². The molecule has 2 unspecified atom stereocenters. The van der Waals surface area contributed by atoms with Crippen LogP contribution in [0.1, 0.15) is 53.4 Å². The zero-order chi connectivity index (χ0) is 21.8. The Morgan fingerprint density at radius 1 is 0.724 bits per heavy atom. The molecule has 2 saturated heterocycles. The number of hydrogen-bond acceptors (Lipinski definition) is 5. The third-order valence-electron chi connectivity index (χ3n) is 5.87. The van der Waals surface area contributed by atoms with Crippen molar-refractivity contribution in [2.24, 2.45) is 5.92 Å². The molecule has 4 amide bonds. The van der Waals surface area contributed by atoms with E-state index in [9.17, 15) is 9.59 Å². The molecule has 9 nitrogen and oxygen atoms in total. The lowest BCUT2D eigenvalue weighted by atomic mass is 9.83. The first-order valence-electron chi connectivity index (χ1n) is 10.5. The smallest absolute Gasteiger partial charge is 0.327 e. The van der Waals surface area contributed by atoms with Gasteiger partial charge < -0.3 is 14.2 Å². The van der Waals surface area contributed by atoms with Gasteiger partial charge in [-0.1, -0.05) is 40.5 Å². The molecule has 2 atom stereocenters. The number of methoxy groups -OCH3 is 3. The highest BCUT2D eigenvalue weighted by Crippen LogP contribution is 2.56. The average Bonchev–Trinajstić information content (AvgIpc) is 2.96. The normalized spacial score (nSPS) is 27.0. The summed E-state index contributed by atoms with van der Waals surface area (Å²) in [6.07, 6.45) is 2.86. The van der Waals surface area contributed by atoms with Gasteiger partial charge in [0.1, 0.15) is 20.2 Å². The SMILES string of the molecule is CCCC12N(COC)C(=O)N(COC)C1(CCC)N(CC(C)C)C(=O)N2COC. The predicted molar refractivity (Wildman–Crippen MR) is 109 cm³/mol. The number of rotatable bonds is 12. The summed E-state index contributed by atoms with van der Waals surface area (Å²) >= 11 is 0. The van der Waals surface area contributed by atoms with Crippen molar-refractivity contribution >= 4 is 12.1 Å². The molecular formula is C20H38N4O5. The molecule has 0 bridgehead atoms. The fourth-order valence-electron chi connectivity index (χ4n) is 5.19. The van der Waals surface area contributed by atoms with Gasteiger partial charge in [0, 0.05) is 27.9 Å². The van der Waals surface area contributed by atoms with E-state index in [0.29, 0.717) is 19.4 Å². The molecule has 0 aromatic rings. The van der Waals surface area contributed by atoms with Gasteiger partial charge in [-0.3, -0.25) is 19.6 Å². The molecule has 168 valence electrons. The molecule has 0 N–H and O–H groups in total. The Hall–Kier alpha value is -1.58. The van der Waals surface area contributed by atoms with E-state index in [2.05, 4.69) is 27.7 Å². The zero-order valence-electron chi connectivity index (χ0n) is 19.1. The second-order valence-electron chi connectivity index (χ2n) is 8.24. The summed E-state index contributed by atoms with van der Waals surface area (Å²) < 4.78 is 16.4. The Kier molecular flexibility index (Phi) is 7.75. The highest BCUT2D eigenvalue weighted by Gasteiger charge is 2.77. The molecule has 2 heterocycles. The van der Waals surface area contributed by atoms with Crippen molar-refractivity contribution in [1.29, 1.82) is 0 Å². The van der Waals surface area contributed by atoms with Crippen LogP contribution in [-0.4, -0.2) is 91.1 Å². The van der Waals surface area contributed by atoms with Crippen LogP contribution < -0.4 is 0 Å². The van der Waals surface area contributed by atoms with Gasteiger partial charge in [0.05, 0.1) is 0 Å². The Bertz CT molecular complexity index is 585. The van der Waals surface area contributed by atoms with Gasteiger partial charge in [-0.2, -0.15) is 0 Å². The fourth-order valence-corrected chi connectivity index (χ4v) is 5.19. The lowest BCUT2D eigenvalue weighted by molar-refractivity contribution is -0.129. The van der Waals surface area contributed by atoms with Gasteiger partial charge in [-0.05, 0) is 18.8 Å². The number of hydrogen-bond donors (Lipinski definition) is 0. The average molecular weight is 415 g/mol. The third kappa shape index (κ3) is 3.37. The van der Waals surface area contributed by atoms with E-state index >= 15 is 0 Å². The molecule has 9 heteroatoms. The summed E-state index contributed by atoms with van der Waals surface area (Å²) in [5.74, 6) is 0.241. The van der Waals surface area contributed by atoms with Crippen LogP contribution in [0.25, 0.3) is 0 Å². The summed E-state index contributed by atoms with van der Waals surface area (Å²) in [6.45, 7) is 9.15. The number of fused-ring (bicyclic) bond motifs is 1. The molecule has 0 radical (unpaired) electrons. The molecule has 2 fully saturated rings. The summed E-state index contributed by atoms with van der Waals surface area (Å²) in [7, 11) is 4.71. The molecule has 0 saturated carbocycles. The Morgan fingerprint density at radius 2 is 1.07 bits per heavy atom. The fraction of sp³-hybridized carbons (Fsp3) is 0.900. The van der Waals surface area contributed by atoms with Gasteiger partial charge in [-0.15, -0.1) is 0 Å². The lowest BCUT2D eigenvalue weighted by Gasteiger charge is -2.50. The predicted octanol–water partition coefficient (Wildman–Crippen LogP) is 2.92. The first kappa shape index (κ1) is 23.7. The Morgan fingerprint density at radius 3 is 1.38 bits per heavy atom. The van der Waals surface area contributed by atoms with Crippen molar-refractivity contribution < 1.29 is 23.8 Å². The largest absolute Gasteiger partial charge is 0.364 e. The van der Waals surface area contributed by atoms with Crippen LogP contribution in [0.4, 0.5) is 9.59 Å². The van der Waals surface area contributed by atoms with Gasteiger partial charge >= 0.3 is 12.1 Å². The van der Waals surface area contributed by atoms with E-state index in [1.54, 1.807) is 36.0 Å². The zero-order valence-corrected chi connectivity index (χ0v) is 19.1. The van der Waals surface area contributed by atoms with E-state index < -0.39 is 11.3 Å². The van der Waals surface area contributed by atoms with Crippen LogP contribution >= 0.6 is 0 Å². The number of ether oxygens (including phenoxy) is 3. The van der Waals surface area contributed by atoms with E-state index in [-0.39, 0.29) is 38.2 Å². The molecule has 2 rings (SSSR count). The van der Waals surface area contributed by atoms with Gasteiger partial charge in [0.25, 0.3) is 0 Å². The minimum Gasteiger partial charge on any atom is -0.364 e. The first-order valence-corrected chi connectivity index (χ1v) is 10.5. The number of amides is 4. The molecule has 29 heavy (non-hydrogen) atoms. The van der Waals surface area contributed by atoms with E-state index in [0.717, 1.165) is 12.8 Å². The quantitative estimate of drug-likeness (QED) is 0.491. The second-order valence-corrected chi connectivity index (χ2v) is 8.24. The molecule has 2 aliphatic heterocycles. The van der Waals surface area contributed by atoms with Crippen molar-refractivity contribution in [3.63, 3.8) is 0 Å². The van der Waals surface area contributed by atoms with E-state index in [1.165, 1.54) is 0 Å². The van der Waals surface area contributed by atoms with Crippen LogP contribution in [0, 0.1) is 5.92 Å². The summed E-state index contributed by atoms with van der Waals surface area (Å²) in [6, 6.07) is -0.296. The van der Waals surface area contributed by atoms with Crippen LogP contribution in [0.5, 0.6) is 0 Å². The molecule has 0 aliphatic carbocycles. The maximum atomic E-state index is 13.7. The van der Waals surface area contributed by atoms with Crippen LogP contribution in [0.3, 0.4) is 0 Å². The summed E-state index contributed by atoms with van der Waals surface area (Å²) in [4.78, 5) is 34.4. The minimum atomic E-state index is -0.897. The van der Waals surface area contributed by atoms with Crippen molar-refractivity contribution in [1.82, 2.24) is 19.6 Å². The maximum absolute atomic E-state index is 13.7. The molecular weight excluding hydrogens is 376 g/mol. The summed E-state index contributed by atoms with van der Waals surface area (Å²) in [5, 5.41) is 0. The topological polar surface area (TPSA) is 74.8 Å². The maximum Gasteiger partial charge on any atom is 0.327 e. The van der Waals surface area contributed by atoms with Gasteiger partial charge in [-0.25, -0.2) is 9.59 Å². The monoisotopic (exact) mass is 414 g/mol. The molecule has 0 spiro atoms. The summed E-state index contributed by atoms with van der Waals surface area (Å²) in [5.41, 5.74) is -1.76. The highest BCUT2D eigenvalue weighted by molar-refractivity contribution is 5.88. The van der Waals surface area contributed by atoms with Crippen LogP contribution in [0.15, 0.2) is 0 Å².